The number of benzene rings is 2. The quantitative estimate of drug-likeness (QED) is 0.569. The fourth-order valence-corrected chi connectivity index (χ4v) is 3.01. The Balaban J connectivity index is 2.24. The number of halogens is 2. The van der Waals surface area contributed by atoms with Gasteiger partial charge in [-0.15, -0.1) is 0 Å². The number of fused-ring (bicyclic) bond motifs is 1. The summed E-state index contributed by atoms with van der Waals surface area (Å²) in [5.41, 5.74) is -1.08. The number of para-hydroxylation sites is 1. The van der Waals surface area contributed by atoms with Crippen LogP contribution in [0, 0.1) is 10.1 Å². The van der Waals surface area contributed by atoms with Gasteiger partial charge in [0.05, 0.1) is 27.4 Å². The summed E-state index contributed by atoms with van der Waals surface area (Å²) < 4.78 is 0.866. The first kappa shape index (κ1) is 16.2. The standard InChI is InChI=1S/C15H9Cl2N3O4/c16-9-5-10(17)13-11(6-9)18-15(22)19(14(13)21)7-8-3-1-2-4-12(8)20(23)24/h1-6H,7H2,(H,18,22). The average molecular weight is 366 g/mol. The monoisotopic (exact) mass is 365 g/mol. The predicted octanol–water partition coefficient (Wildman–Crippen LogP) is 2.95. The molecule has 0 unspecified atom stereocenters. The first-order chi connectivity index (χ1) is 11.4. The zero-order valence-electron chi connectivity index (χ0n) is 12.0. The summed E-state index contributed by atoms with van der Waals surface area (Å²) in [7, 11) is 0. The minimum Gasteiger partial charge on any atom is -0.307 e. The van der Waals surface area contributed by atoms with E-state index in [1.54, 1.807) is 6.07 Å². The lowest BCUT2D eigenvalue weighted by molar-refractivity contribution is -0.385. The molecule has 9 heteroatoms. The van der Waals surface area contributed by atoms with Crippen LogP contribution in [0.15, 0.2) is 46.0 Å². The zero-order valence-corrected chi connectivity index (χ0v) is 13.5. The zero-order chi connectivity index (χ0) is 17.4. The molecule has 24 heavy (non-hydrogen) atoms. The minimum absolute atomic E-state index is 0.0926. The molecule has 0 bridgehead atoms. The average Bonchev–Trinajstić information content (AvgIpc) is 2.50. The first-order valence-corrected chi connectivity index (χ1v) is 7.48. The molecule has 0 radical (unpaired) electrons. The van der Waals surface area contributed by atoms with Gasteiger partial charge < -0.3 is 4.98 Å². The van der Waals surface area contributed by atoms with Crippen molar-refractivity contribution in [1.29, 1.82) is 0 Å². The molecule has 0 fully saturated rings. The molecular formula is C15H9Cl2N3O4. The van der Waals surface area contributed by atoms with Gasteiger partial charge in [0.25, 0.3) is 11.2 Å². The van der Waals surface area contributed by atoms with E-state index in [4.69, 9.17) is 23.2 Å². The lowest BCUT2D eigenvalue weighted by Crippen LogP contribution is -2.35. The summed E-state index contributed by atoms with van der Waals surface area (Å²) in [5.74, 6) is 0. The second-order valence-corrected chi connectivity index (χ2v) is 5.86. The van der Waals surface area contributed by atoms with E-state index in [1.807, 2.05) is 0 Å². The maximum atomic E-state index is 12.6. The van der Waals surface area contributed by atoms with E-state index < -0.39 is 16.2 Å². The van der Waals surface area contributed by atoms with Crippen molar-refractivity contribution in [3.05, 3.63) is 83.0 Å². The number of nitro benzene ring substituents is 1. The molecule has 0 spiro atoms. The number of H-pyrrole nitrogens is 1. The molecule has 0 aliphatic rings. The number of aromatic nitrogens is 2. The number of nitrogens with one attached hydrogen (secondary N) is 1. The normalized spacial score (nSPS) is 10.9. The van der Waals surface area contributed by atoms with E-state index in [2.05, 4.69) is 4.98 Å². The molecular weight excluding hydrogens is 357 g/mol. The van der Waals surface area contributed by atoms with Crippen LogP contribution in [0.4, 0.5) is 5.69 Å². The highest BCUT2D eigenvalue weighted by Crippen LogP contribution is 2.24. The molecule has 3 aromatic rings. The van der Waals surface area contributed by atoms with Gasteiger partial charge in [0.2, 0.25) is 0 Å². The van der Waals surface area contributed by atoms with Gasteiger partial charge in [0.15, 0.2) is 0 Å². The topological polar surface area (TPSA) is 98.0 Å². The lowest BCUT2D eigenvalue weighted by Gasteiger charge is -2.08. The Morgan fingerprint density at radius 1 is 1.17 bits per heavy atom. The molecule has 1 aromatic heterocycles. The van der Waals surface area contributed by atoms with Gasteiger partial charge in [-0.3, -0.25) is 19.5 Å². The van der Waals surface area contributed by atoms with Gasteiger partial charge in [-0.05, 0) is 12.1 Å². The second kappa shape index (κ2) is 6.10. The molecule has 2 aromatic carbocycles. The van der Waals surface area contributed by atoms with Gasteiger partial charge in [0.1, 0.15) is 0 Å². The van der Waals surface area contributed by atoms with E-state index in [0.717, 1.165) is 4.57 Å². The van der Waals surface area contributed by atoms with Gasteiger partial charge >= 0.3 is 5.69 Å². The molecule has 1 N–H and O–H groups in total. The molecule has 3 rings (SSSR count). The van der Waals surface area contributed by atoms with Crippen LogP contribution in [0.2, 0.25) is 10.0 Å². The van der Waals surface area contributed by atoms with Crippen molar-refractivity contribution in [3.63, 3.8) is 0 Å². The molecule has 0 saturated heterocycles. The Labute approximate surface area is 144 Å². The van der Waals surface area contributed by atoms with Crippen LogP contribution in [0.5, 0.6) is 0 Å². The number of hydrogen-bond acceptors (Lipinski definition) is 4. The van der Waals surface area contributed by atoms with E-state index in [0.29, 0.717) is 0 Å². The highest BCUT2D eigenvalue weighted by molar-refractivity contribution is 6.38. The molecule has 0 amide bonds. The van der Waals surface area contributed by atoms with E-state index in [-0.39, 0.29) is 38.7 Å². The first-order valence-electron chi connectivity index (χ1n) is 6.72. The SMILES string of the molecule is O=c1[nH]c2cc(Cl)cc(Cl)c2c(=O)n1Cc1ccccc1[N+](=O)[O-]. The van der Waals surface area contributed by atoms with Crippen LogP contribution in [0.25, 0.3) is 10.9 Å². The van der Waals surface area contributed by atoms with Gasteiger partial charge in [-0.2, -0.15) is 0 Å². The summed E-state index contributed by atoms with van der Waals surface area (Å²) in [6, 6.07) is 8.70. The third kappa shape index (κ3) is 2.79. The van der Waals surface area contributed by atoms with Crippen molar-refractivity contribution >= 4 is 39.8 Å². The van der Waals surface area contributed by atoms with Gasteiger partial charge in [-0.1, -0.05) is 41.4 Å². The molecule has 1 heterocycles. The Bertz CT molecular complexity index is 1090. The maximum absolute atomic E-state index is 12.6. The van der Waals surface area contributed by atoms with Gasteiger partial charge in [0, 0.05) is 16.7 Å². The molecule has 0 saturated carbocycles. The summed E-state index contributed by atoms with van der Waals surface area (Å²) in [6.45, 7) is -0.250. The number of nitrogens with zero attached hydrogens (tertiary/aromatic N) is 2. The van der Waals surface area contributed by atoms with Crippen molar-refractivity contribution < 1.29 is 4.92 Å². The molecule has 0 atom stereocenters. The van der Waals surface area contributed by atoms with E-state index in [1.165, 1.54) is 30.3 Å². The van der Waals surface area contributed by atoms with Crippen LogP contribution in [0.3, 0.4) is 0 Å². The third-order valence-electron chi connectivity index (χ3n) is 3.52. The number of nitro groups is 1. The van der Waals surface area contributed by atoms with Crippen molar-refractivity contribution in [2.24, 2.45) is 0 Å². The van der Waals surface area contributed by atoms with Crippen molar-refractivity contribution in [2.75, 3.05) is 0 Å². The third-order valence-corrected chi connectivity index (χ3v) is 4.03. The fraction of sp³-hybridized carbons (Fsp3) is 0.0667. The number of aromatic amines is 1. The molecule has 0 aliphatic heterocycles. The fourth-order valence-electron chi connectivity index (χ4n) is 2.44. The van der Waals surface area contributed by atoms with E-state index in [9.17, 15) is 19.7 Å². The Morgan fingerprint density at radius 2 is 1.88 bits per heavy atom. The Hall–Kier alpha value is -2.64. The van der Waals surface area contributed by atoms with Crippen LogP contribution in [0.1, 0.15) is 5.56 Å². The minimum atomic E-state index is -0.705. The second-order valence-electron chi connectivity index (χ2n) is 5.02. The number of rotatable bonds is 3. The summed E-state index contributed by atoms with van der Waals surface area (Å²) in [4.78, 5) is 37.9. The Kier molecular flexibility index (Phi) is 4.13. The maximum Gasteiger partial charge on any atom is 0.329 e. The van der Waals surface area contributed by atoms with E-state index >= 15 is 0 Å². The highest BCUT2D eigenvalue weighted by atomic mass is 35.5. The van der Waals surface area contributed by atoms with Crippen molar-refractivity contribution in [2.45, 2.75) is 6.54 Å². The highest BCUT2D eigenvalue weighted by Gasteiger charge is 2.17. The summed E-state index contributed by atoms with van der Waals surface area (Å²) in [5, 5.41) is 11.5. The smallest absolute Gasteiger partial charge is 0.307 e. The molecule has 0 aliphatic carbocycles. The van der Waals surface area contributed by atoms with Gasteiger partial charge in [-0.25, -0.2) is 4.79 Å². The van der Waals surface area contributed by atoms with Crippen LogP contribution in [-0.4, -0.2) is 14.5 Å². The number of hydrogen-bond donors (Lipinski definition) is 1. The molecule has 7 nitrogen and oxygen atoms in total. The van der Waals surface area contributed by atoms with Crippen LogP contribution < -0.4 is 11.2 Å². The summed E-state index contributed by atoms with van der Waals surface area (Å²) >= 11 is 11.9. The predicted molar refractivity (Wildman–Crippen MR) is 91.0 cm³/mol. The largest absolute Gasteiger partial charge is 0.329 e. The Morgan fingerprint density at radius 3 is 2.58 bits per heavy atom. The lowest BCUT2D eigenvalue weighted by atomic mass is 10.1. The summed E-state index contributed by atoms with van der Waals surface area (Å²) in [6.07, 6.45) is 0. The molecule has 122 valence electrons. The van der Waals surface area contributed by atoms with Crippen molar-refractivity contribution in [3.8, 4) is 0 Å². The van der Waals surface area contributed by atoms with Crippen LogP contribution in [-0.2, 0) is 6.54 Å². The van der Waals surface area contributed by atoms with Crippen LogP contribution >= 0.6 is 23.2 Å². The van der Waals surface area contributed by atoms with Crippen molar-refractivity contribution in [1.82, 2.24) is 9.55 Å².